The molecule has 0 saturated heterocycles. The van der Waals surface area contributed by atoms with Crippen molar-refractivity contribution < 1.29 is 15.3 Å². The van der Waals surface area contributed by atoms with Gasteiger partial charge in [-0.3, -0.25) is 0 Å². The molecular weight excluding hydrogens is 1180 g/mol. The van der Waals surface area contributed by atoms with Crippen LogP contribution in [0.1, 0.15) is 107 Å². The summed E-state index contributed by atoms with van der Waals surface area (Å²) in [7, 11) is 8.71. The highest BCUT2D eigenvalue weighted by Gasteiger charge is 2.29. The normalized spacial score (nSPS) is 18.2. The van der Waals surface area contributed by atoms with E-state index in [9.17, 15) is 15.3 Å². The lowest BCUT2D eigenvalue weighted by Crippen LogP contribution is -2.31. The molecule has 0 radical (unpaired) electrons. The zero-order valence-corrected chi connectivity index (χ0v) is 54.3. The second-order valence-electron chi connectivity index (χ2n) is 25.8. The van der Waals surface area contributed by atoms with Crippen LogP contribution in [0, 0.1) is 0 Å². The Hall–Kier alpha value is -8.12. The van der Waals surface area contributed by atoms with Crippen molar-refractivity contribution in [1.82, 2.24) is 19.6 Å². The summed E-state index contributed by atoms with van der Waals surface area (Å²) in [5.74, 6) is 1.62. The van der Waals surface area contributed by atoms with Gasteiger partial charge in [0.1, 0.15) is 0 Å². The Morgan fingerprint density at radius 3 is 0.791 bits per heavy atom. The van der Waals surface area contributed by atoms with Crippen LogP contribution in [-0.4, -0.2) is 89.3 Å². The summed E-state index contributed by atoms with van der Waals surface area (Å²) in [5.41, 5.74) is 19.6. The molecule has 12 aromatic rings. The monoisotopic (exact) mass is 1260 g/mol. The first kappa shape index (κ1) is 61.7. The lowest BCUT2D eigenvalue weighted by Gasteiger charge is -2.33. The Bertz CT molecular complexity index is 4220. The van der Waals surface area contributed by atoms with E-state index in [1.54, 1.807) is 0 Å². The lowest BCUT2D eigenvalue weighted by atomic mass is 9.83. The highest BCUT2D eigenvalue weighted by atomic mass is 79.9. The Kier molecular flexibility index (Phi) is 18.8. The number of aliphatic hydroxyl groups is 3. The molecule has 12 aromatic carbocycles. The predicted molar refractivity (Wildman–Crippen MR) is 380 cm³/mol. The minimum absolute atomic E-state index is 0.109. The van der Waals surface area contributed by atoms with Crippen LogP contribution >= 0.6 is 15.9 Å². The van der Waals surface area contributed by atoms with Crippen molar-refractivity contribution in [3.05, 3.63) is 331 Å². The van der Waals surface area contributed by atoms with Crippen LogP contribution in [0.2, 0.25) is 0 Å². The van der Waals surface area contributed by atoms with Crippen LogP contribution in [0.15, 0.2) is 247 Å². The van der Waals surface area contributed by atoms with E-state index in [1.807, 2.05) is 0 Å². The maximum Gasteiger partial charge on any atom is 0.0681 e. The molecule has 0 bridgehead atoms. The summed E-state index contributed by atoms with van der Waals surface area (Å²) in [6, 6.07) is 87.4. The maximum atomic E-state index is 9.39. The van der Waals surface area contributed by atoms with Gasteiger partial charge in [-0.2, -0.15) is 0 Å². The molecule has 0 spiro atoms. The second kappa shape index (κ2) is 27.8. The maximum absolute atomic E-state index is 9.39. The van der Waals surface area contributed by atoms with Gasteiger partial charge in [-0.25, -0.2) is 0 Å². The quantitative estimate of drug-likeness (QED) is 0.147. The molecule has 4 aliphatic heterocycles. The number of halogens is 1. The number of hydrogen-bond donors (Lipinski definition) is 3. The summed E-state index contributed by atoms with van der Waals surface area (Å²) < 4.78 is 1.17. The lowest BCUT2D eigenvalue weighted by molar-refractivity contribution is 0.278. The van der Waals surface area contributed by atoms with Crippen molar-refractivity contribution in [2.45, 2.75) is 69.7 Å². The van der Waals surface area contributed by atoms with Gasteiger partial charge in [0, 0.05) is 80.5 Å². The Morgan fingerprint density at radius 2 is 0.527 bits per heavy atom. The molecule has 4 aliphatic rings. The van der Waals surface area contributed by atoms with Crippen LogP contribution < -0.4 is 0 Å². The fourth-order valence-corrected chi connectivity index (χ4v) is 15.1. The van der Waals surface area contributed by atoms with Crippen molar-refractivity contribution in [3.8, 4) is 0 Å². The van der Waals surface area contributed by atoms with Crippen LogP contribution in [0.3, 0.4) is 0 Å². The minimum Gasteiger partial charge on any atom is -0.392 e. The third kappa shape index (κ3) is 13.9. The molecule has 4 atom stereocenters. The highest BCUT2D eigenvalue weighted by Crippen LogP contribution is 2.40. The predicted octanol–water partition coefficient (Wildman–Crippen LogP) is 16.9. The Morgan fingerprint density at radius 1 is 0.286 bits per heavy atom. The molecule has 7 nitrogen and oxygen atoms in total. The molecule has 0 aliphatic carbocycles. The van der Waals surface area contributed by atoms with Crippen molar-refractivity contribution in [3.63, 3.8) is 0 Å². The standard InChI is InChI=1S/3C21H21NO.C20H18BrN/c3*1-22-12-19-10-15(14-23)6-9-20(19)21(13-22)18-8-7-16-4-2-3-5-17(16)11-18;1-22-12-17-11-18(21)8-9-19(17)20(13-22)16-7-6-14-4-2-3-5-15(14)10-16/h3*2-11,21,23H,12-14H2,1H3;2-11,20H,12-13H2,1H3/t2*21-;;/m00../s1. The van der Waals surface area contributed by atoms with Gasteiger partial charge in [0.05, 0.1) is 19.8 Å². The van der Waals surface area contributed by atoms with Crippen molar-refractivity contribution in [1.29, 1.82) is 0 Å². The molecule has 8 heteroatoms. The fourth-order valence-electron chi connectivity index (χ4n) is 14.7. The van der Waals surface area contributed by atoms with Gasteiger partial charge in [-0.1, -0.05) is 246 Å². The van der Waals surface area contributed by atoms with Gasteiger partial charge in [0.15, 0.2) is 0 Å². The van der Waals surface area contributed by atoms with Gasteiger partial charge in [0.2, 0.25) is 0 Å². The highest BCUT2D eigenvalue weighted by molar-refractivity contribution is 9.10. The van der Waals surface area contributed by atoms with Crippen LogP contribution in [0.5, 0.6) is 0 Å². The molecule has 0 aromatic heterocycles. The van der Waals surface area contributed by atoms with E-state index in [4.69, 9.17) is 0 Å². The Balaban J connectivity index is 0.000000111. The summed E-state index contributed by atoms with van der Waals surface area (Å²) in [4.78, 5) is 9.50. The number of fused-ring (bicyclic) bond motifs is 8. The largest absolute Gasteiger partial charge is 0.392 e. The topological polar surface area (TPSA) is 73.7 Å². The van der Waals surface area contributed by atoms with Gasteiger partial charge >= 0.3 is 0 Å². The number of likely N-dealkylation sites (N-methyl/N-ethyl adjacent to an activating group) is 4. The zero-order chi connectivity index (χ0) is 62.5. The van der Waals surface area contributed by atoms with Gasteiger partial charge in [-0.15, -0.1) is 0 Å². The van der Waals surface area contributed by atoms with Crippen molar-refractivity contribution in [2.24, 2.45) is 0 Å². The molecule has 91 heavy (non-hydrogen) atoms. The van der Waals surface area contributed by atoms with Crippen LogP contribution in [0.25, 0.3) is 43.1 Å². The molecule has 4 heterocycles. The third-order valence-corrected chi connectivity index (χ3v) is 19.7. The van der Waals surface area contributed by atoms with Crippen LogP contribution in [0.4, 0.5) is 0 Å². The van der Waals surface area contributed by atoms with Crippen LogP contribution in [-0.2, 0) is 46.0 Å². The average Bonchev–Trinajstić information content (AvgIpc) is 1.00. The second-order valence-corrected chi connectivity index (χ2v) is 26.8. The molecule has 458 valence electrons. The molecular formula is C83H81BrN4O3. The molecule has 2 unspecified atom stereocenters. The van der Waals surface area contributed by atoms with E-state index in [0.29, 0.717) is 23.7 Å². The van der Waals surface area contributed by atoms with E-state index >= 15 is 0 Å². The summed E-state index contributed by atoms with van der Waals surface area (Å²) in [6.07, 6.45) is 0. The number of hydrogen-bond acceptors (Lipinski definition) is 7. The first-order valence-electron chi connectivity index (χ1n) is 32.1. The molecule has 0 saturated carbocycles. The summed E-state index contributed by atoms with van der Waals surface area (Å²) >= 11 is 3.60. The molecule has 3 N–H and O–H groups in total. The zero-order valence-electron chi connectivity index (χ0n) is 52.7. The van der Waals surface area contributed by atoms with Gasteiger partial charge < -0.3 is 34.9 Å². The van der Waals surface area contributed by atoms with E-state index in [1.165, 1.54) is 114 Å². The first-order valence-corrected chi connectivity index (χ1v) is 32.9. The molecule has 0 amide bonds. The van der Waals surface area contributed by atoms with Gasteiger partial charge in [-0.05, 0) is 167 Å². The SMILES string of the molecule is CN1Cc2cc(Br)ccc2C(c2ccc3ccccc3c2)C1.CN1Cc2cc(CO)ccc2C(c2ccc3ccccc3c2)C1.CN1Cc2cc(CO)ccc2[C@H](c2ccc3ccccc3c2)C1.CN1Cc2cc(CO)ccc2[C@H](c2ccc3ccccc3c2)C1. The molecule has 0 fully saturated rings. The first-order chi connectivity index (χ1) is 44.4. The molecule has 16 rings (SSSR count). The van der Waals surface area contributed by atoms with E-state index in [-0.39, 0.29) is 19.8 Å². The fraction of sp³-hybridized carbons (Fsp3) is 0.229. The van der Waals surface area contributed by atoms with Crippen molar-refractivity contribution in [2.75, 3.05) is 54.4 Å². The van der Waals surface area contributed by atoms with Crippen molar-refractivity contribution >= 4 is 59.0 Å². The smallest absolute Gasteiger partial charge is 0.0681 e. The number of nitrogens with zero attached hydrogens (tertiary/aromatic N) is 4. The Labute approximate surface area is 545 Å². The number of aliphatic hydroxyl groups excluding tert-OH is 3. The van der Waals surface area contributed by atoms with Gasteiger partial charge in [0.25, 0.3) is 0 Å². The summed E-state index contributed by atoms with van der Waals surface area (Å²) in [5, 5.41) is 38.6. The van der Waals surface area contributed by atoms with E-state index in [0.717, 1.165) is 69.0 Å². The summed E-state index contributed by atoms with van der Waals surface area (Å²) in [6.45, 7) is 8.38. The average molecular weight is 1260 g/mol. The third-order valence-electron chi connectivity index (χ3n) is 19.2. The van der Waals surface area contributed by atoms with E-state index in [2.05, 4.69) is 306 Å². The number of benzene rings is 12. The van der Waals surface area contributed by atoms with E-state index < -0.39 is 0 Å². The number of rotatable bonds is 7. The minimum atomic E-state index is 0.109.